The molecule has 0 spiro atoms. The Labute approximate surface area is 152 Å². The first-order valence-electron chi connectivity index (χ1n) is 11.4. The summed E-state index contributed by atoms with van der Waals surface area (Å²) in [4.78, 5) is 2.09. The number of hydrogen-bond donors (Lipinski definition) is 2. The molecule has 5 heteroatoms. The summed E-state index contributed by atoms with van der Waals surface area (Å²) in [6.07, 6.45) is -0.608. The van der Waals surface area contributed by atoms with Crippen LogP contribution in [0.25, 0.3) is 0 Å². The van der Waals surface area contributed by atoms with Crippen molar-refractivity contribution in [1.82, 2.24) is 4.90 Å². The second kappa shape index (κ2) is 6.90. The highest BCUT2D eigenvalue weighted by molar-refractivity contribution is 5.50. The van der Waals surface area contributed by atoms with Crippen molar-refractivity contribution in [3.8, 4) is 11.5 Å². The van der Waals surface area contributed by atoms with E-state index in [-0.39, 0.29) is 17.4 Å². The Morgan fingerprint density at radius 2 is 1.92 bits per heavy atom. The number of nitrogens with zero attached hydrogens (tertiary/aromatic N) is 1. The van der Waals surface area contributed by atoms with Gasteiger partial charge >= 0.3 is 0 Å². The first-order valence-corrected chi connectivity index (χ1v) is 8.40. The Bertz CT molecular complexity index is 767. The fourth-order valence-corrected chi connectivity index (χ4v) is 4.17. The van der Waals surface area contributed by atoms with E-state index in [9.17, 15) is 10.2 Å². The number of aliphatic hydroxyl groups is 2. The zero-order valence-electron chi connectivity index (χ0n) is 20.0. The van der Waals surface area contributed by atoms with Crippen LogP contribution in [0.2, 0.25) is 0 Å². The van der Waals surface area contributed by atoms with Gasteiger partial charge in [0, 0.05) is 19.0 Å². The lowest BCUT2D eigenvalue weighted by molar-refractivity contribution is -0.116. The van der Waals surface area contributed by atoms with Gasteiger partial charge in [0.2, 0.25) is 0 Å². The van der Waals surface area contributed by atoms with Gasteiger partial charge in [-0.3, -0.25) is 4.90 Å². The average Bonchev–Trinajstić information content (AvgIpc) is 2.56. The lowest BCUT2D eigenvalue weighted by Gasteiger charge is -2.49. The summed E-state index contributed by atoms with van der Waals surface area (Å²) in [6.45, 7) is 5.38. The van der Waals surface area contributed by atoms with E-state index >= 15 is 0 Å². The monoisotopic (exact) mass is 341 g/mol. The maximum Gasteiger partial charge on any atom is 0.161 e. The van der Waals surface area contributed by atoms with Crippen LogP contribution in [-0.4, -0.2) is 54.5 Å². The van der Waals surface area contributed by atoms with Crippen molar-refractivity contribution in [3.05, 3.63) is 23.3 Å². The summed E-state index contributed by atoms with van der Waals surface area (Å²) in [7, 11) is -5.57. The van der Waals surface area contributed by atoms with Gasteiger partial charge in [0.15, 0.2) is 11.5 Å². The molecule has 2 aliphatic heterocycles. The second-order valence-electron chi connectivity index (χ2n) is 7.26. The highest BCUT2D eigenvalue weighted by atomic mass is 16.5. The van der Waals surface area contributed by atoms with Gasteiger partial charge in [0.05, 0.1) is 40.6 Å². The molecular weight excluding hydrogens is 306 g/mol. The predicted octanol–water partition coefficient (Wildman–Crippen LogP) is 2.00. The van der Waals surface area contributed by atoms with Crippen molar-refractivity contribution < 1.29 is 27.9 Å². The molecule has 0 aromatic heterocycles. The molecule has 1 fully saturated rings. The fraction of sp³-hybridized carbons (Fsp3) is 0.684. The van der Waals surface area contributed by atoms with Gasteiger partial charge in [-0.2, -0.15) is 0 Å². The normalized spacial score (nSPS) is 34.7. The maximum absolute atomic E-state index is 10.9. The second-order valence-corrected chi connectivity index (χ2v) is 7.26. The molecule has 0 amide bonds. The van der Waals surface area contributed by atoms with Crippen LogP contribution in [0.4, 0.5) is 0 Å². The number of methoxy groups -OCH3 is 2. The summed E-state index contributed by atoms with van der Waals surface area (Å²) in [6, 6.07) is 2.37. The number of hydrogen-bond acceptors (Lipinski definition) is 5. The quantitative estimate of drug-likeness (QED) is 0.877. The number of fused-ring (bicyclic) bond motifs is 3. The van der Waals surface area contributed by atoms with Crippen molar-refractivity contribution in [2.75, 3.05) is 27.2 Å². The lowest BCUT2D eigenvalue weighted by Crippen LogP contribution is -2.56. The highest BCUT2D eigenvalue weighted by Gasteiger charge is 2.45. The van der Waals surface area contributed by atoms with Gasteiger partial charge in [-0.15, -0.1) is 0 Å². The molecule has 1 aromatic rings. The molecule has 24 heavy (non-hydrogen) atoms. The minimum Gasteiger partial charge on any atom is -0.493 e. The Morgan fingerprint density at radius 1 is 1.21 bits per heavy atom. The van der Waals surface area contributed by atoms with E-state index in [1.807, 2.05) is 0 Å². The standard InChI is InChI=1S/C19H29NO4/c1-11(2)7-13-10-20-6-5-12-8-15(23-3)16(24-4)9-14(12)17(20)19(22)18(13)21/h8-9,11,13,17-19,21-22H,5-7,10H2,1-4H3/i3D3,4D3. The van der Waals surface area contributed by atoms with Crippen LogP contribution in [0.15, 0.2) is 12.1 Å². The van der Waals surface area contributed by atoms with Crippen LogP contribution in [-0.2, 0) is 6.42 Å². The molecule has 134 valence electrons. The summed E-state index contributed by atoms with van der Waals surface area (Å²) < 4.78 is 54.3. The van der Waals surface area contributed by atoms with Gasteiger partial charge in [-0.25, -0.2) is 0 Å². The molecule has 1 aromatic carbocycles. The van der Waals surface area contributed by atoms with Crippen molar-refractivity contribution in [3.63, 3.8) is 0 Å². The summed E-state index contributed by atoms with van der Waals surface area (Å²) in [5.74, 6) is -0.0852. The van der Waals surface area contributed by atoms with E-state index in [2.05, 4.69) is 18.7 Å². The molecule has 0 radical (unpaired) electrons. The van der Waals surface area contributed by atoms with Crippen LogP contribution < -0.4 is 9.47 Å². The Balaban J connectivity index is 1.99. The number of rotatable bonds is 4. The van der Waals surface area contributed by atoms with E-state index in [1.165, 1.54) is 12.1 Å². The van der Waals surface area contributed by atoms with Crippen LogP contribution in [0.3, 0.4) is 0 Å². The number of benzene rings is 1. The smallest absolute Gasteiger partial charge is 0.161 e. The van der Waals surface area contributed by atoms with Crippen LogP contribution >= 0.6 is 0 Å². The van der Waals surface area contributed by atoms with E-state index in [1.54, 1.807) is 0 Å². The molecule has 2 N–H and O–H groups in total. The third-order valence-electron chi connectivity index (χ3n) is 5.21. The summed E-state index contributed by atoms with van der Waals surface area (Å²) in [5, 5.41) is 21.6. The molecule has 0 saturated carbocycles. The van der Waals surface area contributed by atoms with Crippen LogP contribution in [0.1, 0.15) is 45.7 Å². The maximum atomic E-state index is 10.9. The van der Waals surface area contributed by atoms with Crippen molar-refractivity contribution in [2.24, 2.45) is 11.8 Å². The van der Waals surface area contributed by atoms with Gasteiger partial charge in [-0.1, -0.05) is 13.8 Å². The molecular formula is C19H29NO4. The minimum absolute atomic E-state index is 0.0611. The van der Waals surface area contributed by atoms with Gasteiger partial charge in [-0.05, 0) is 42.0 Å². The molecule has 1 saturated heterocycles. The fourth-order valence-electron chi connectivity index (χ4n) is 4.17. The molecule has 0 aliphatic carbocycles. The number of ether oxygens (including phenoxy) is 2. The molecule has 4 atom stereocenters. The molecule has 2 heterocycles. The summed E-state index contributed by atoms with van der Waals surface area (Å²) in [5.41, 5.74) is 1.36. The van der Waals surface area contributed by atoms with Gasteiger partial charge in [0.25, 0.3) is 0 Å². The Kier molecular flexibility index (Phi) is 3.26. The zero-order valence-corrected chi connectivity index (χ0v) is 14.0. The average molecular weight is 341 g/mol. The van der Waals surface area contributed by atoms with Gasteiger partial charge < -0.3 is 19.7 Å². The van der Waals surface area contributed by atoms with E-state index in [0.717, 1.165) is 12.0 Å². The zero-order chi connectivity index (χ0) is 22.4. The molecule has 5 nitrogen and oxygen atoms in total. The first kappa shape index (κ1) is 11.3. The predicted molar refractivity (Wildman–Crippen MR) is 92.5 cm³/mol. The van der Waals surface area contributed by atoms with Crippen molar-refractivity contribution in [2.45, 2.75) is 44.9 Å². The Hall–Kier alpha value is -1.30. The number of aliphatic hydroxyl groups excluding tert-OH is 2. The van der Waals surface area contributed by atoms with E-state index < -0.39 is 32.3 Å². The summed E-state index contributed by atoms with van der Waals surface area (Å²) >= 11 is 0. The number of piperidine rings is 1. The topological polar surface area (TPSA) is 62.2 Å². The third kappa shape index (κ3) is 3.01. The minimum atomic E-state index is -2.80. The SMILES string of the molecule is [2H]C([2H])([2H])Oc1cc2c(cc1OC([2H])([2H])[2H])C1C(O)C(O)C(CC(C)C)CN1CC2. The first-order chi connectivity index (χ1) is 13.7. The van der Waals surface area contributed by atoms with Gasteiger partial charge in [0.1, 0.15) is 0 Å². The molecule has 3 rings (SSSR count). The lowest BCUT2D eigenvalue weighted by atomic mass is 9.77. The van der Waals surface area contributed by atoms with Crippen LogP contribution in [0, 0.1) is 11.8 Å². The van der Waals surface area contributed by atoms with E-state index in [4.69, 9.17) is 17.7 Å². The van der Waals surface area contributed by atoms with Crippen molar-refractivity contribution >= 4 is 0 Å². The molecule has 2 aliphatic rings. The molecule has 4 unspecified atom stereocenters. The largest absolute Gasteiger partial charge is 0.493 e. The van der Waals surface area contributed by atoms with Crippen LogP contribution in [0.5, 0.6) is 11.5 Å². The Morgan fingerprint density at radius 3 is 2.58 bits per heavy atom. The van der Waals surface area contributed by atoms with E-state index in [0.29, 0.717) is 31.0 Å². The molecule has 0 bridgehead atoms. The van der Waals surface area contributed by atoms with Crippen molar-refractivity contribution in [1.29, 1.82) is 0 Å². The third-order valence-corrected chi connectivity index (χ3v) is 5.21. The highest BCUT2D eigenvalue weighted by Crippen LogP contribution is 2.43.